The Morgan fingerprint density at radius 3 is 2.56 bits per heavy atom. The number of unbranched alkanes of at least 4 members (excludes halogenated alkanes) is 1. The Hall–Kier alpha value is -2.40. The first kappa shape index (κ1) is 18.9. The molecule has 2 aromatic rings. The second kappa shape index (κ2) is 10.5. The van der Waals surface area contributed by atoms with Gasteiger partial charge < -0.3 is 15.4 Å². The van der Waals surface area contributed by atoms with Crippen LogP contribution in [-0.2, 0) is 11.2 Å². The van der Waals surface area contributed by atoms with E-state index in [1.54, 1.807) is 0 Å². The number of hydrogen-bond donors (Lipinski definition) is 2. The molecule has 0 bridgehead atoms. The van der Waals surface area contributed by atoms with Gasteiger partial charge in [-0.1, -0.05) is 55.8 Å². The van der Waals surface area contributed by atoms with Crippen LogP contribution in [0, 0.1) is 0 Å². The topological polar surface area (TPSA) is 50.4 Å². The molecule has 0 saturated carbocycles. The van der Waals surface area contributed by atoms with Crippen LogP contribution in [-0.4, -0.2) is 17.6 Å². The van der Waals surface area contributed by atoms with Gasteiger partial charge in [0.1, 0.15) is 5.75 Å². The maximum atomic E-state index is 12.0. The van der Waals surface area contributed by atoms with Crippen molar-refractivity contribution >= 4 is 28.9 Å². The highest BCUT2D eigenvalue weighted by molar-refractivity contribution is 7.80. The first-order chi connectivity index (χ1) is 12.2. The molecule has 0 aliphatic rings. The molecule has 2 rings (SSSR count). The molecule has 0 aromatic heterocycles. The summed E-state index contributed by atoms with van der Waals surface area (Å²) in [6.45, 7) is 2.78. The van der Waals surface area contributed by atoms with E-state index < -0.39 is 0 Å². The first-order valence-corrected chi connectivity index (χ1v) is 8.96. The van der Waals surface area contributed by atoms with Gasteiger partial charge >= 0.3 is 0 Å². The van der Waals surface area contributed by atoms with Gasteiger partial charge in [-0.05, 0) is 42.8 Å². The largest absolute Gasteiger partial charge is 0.491 e. The highest BCUT2D eigenvalue weighted by Crippen LogP contribution is 2.23. The fraction of sp³-hybridized carbons (Fsp3) is 0.300. The monoisotopic (exact) mass is 356 g/mol. The minimum Gasteiger partial charge on any atom is -0.491 e. The summed E-state index contributed by atoms with van der Waals surface area (Å²) < 4.78 is 5.75. The van der Waals surface area contributed by atoms with Crippen LogP contribution in [0.1, 0.15) is 31.7 Å². The van der Waals surface area contributed by atoms with Crippen molar-refractivity contribution in [2.75, 3.05) is 11.9 Å². The fourth-order valence-electron chi connectivity index (χ4n) is 2.27. The van der Waals surface area contributed by atoms with Crippen molar-refractivity contribution in [3.8, 4) is 5.75 Å². The van der Waals surface area contributed by atoms with E-state index in [0.29, 0.717) is 19.4 Å². The Labute approximate surface area is 154 Å². The Balaban J connectivity index is 1.82. The maximum Gasteiger partial charge on any atom is 0.226 e. The molecule has 0 atom stereocenters. The summed E-state index contributed by atoms with van der Waals surface area (Å²) in [5.41, 5.74) is 1.89. The third-order valence-electron chi connectivity index (χ3n) is 3.63. The zero-order valence-electron chi connectivity index (χ0n) is 14.5. The molecular formula is C20H24N2O2S. The zero-order valence-corrected chi connectivity index (χ0v) is 15.3. The number of carbonyl (C=O) groups is 1. The molecule has 0 fully saturated rings. The molecule has 25 heavy (non-hydrogen) atoms. The predicted molar refractivity (Wildman–Crippen MR) is 106 cm³/mol. The molecule has 0 saturated heterocycles. The third-order valence-corrected chi connectivity index (χ3v) is 3.83. The summed E-state index contributed by atoms with van der Waals surface area (Å²) in [6.07, 6.45) is 3.15. The minimum atomic E-state index is -0.106. The van der Waals surface area contributed by atoms with Gasteiger partial charge in [0.05, 0.1) is 12.3 Å². The second-order valence-corrected chi connectivity index (χ2v) is 6.09. The van der Waals surface area contributed by atoms with Crippen molar-refractivity contribution in [1.82, 2.24) is 5.32 Å². The van der Waals surface area contributed by atoms with Gasteiger partial charge in [-0.3, -0.25) is 4.79 Å². The quantitative estimate of drug-likeness (QED) is 0.547. The van der Waals surface area contributed by atoms with Crippen molar-refractivity contribution in [2.24, 2.45) is 0 Å². The van der Waals surface area contributed by atoms with Crippen molar-refractivity contribution in [2.45, 2.75) is 32.6 Å². The average molecular weight is 356 g/mol. The number of nitrogens with one attached hydrogen (secondary N) is 2. The molecule has 0 heterocycles. The van der Waals surface area contributed by atoms with Crippen molar-refractivity contribution in [3.05, 3.63) is 60.2 Å². The van der Waals surface area contributed by atoms with E-state index in [1.165, 1.54) is 0 Å². The molecule has 1 amide bonds. The smallest absolute Gasteiger partial charge is 0.226 e. The van der Waals surface area contributed by atoms with Crippen LogP contribution < -0.4 is 15.4 Å². The van der Waals surface area contributed by atoms with Crippen molar-refractivity contribution in [3.63, 3.8) is 0 Å². The Bertz CT molecular complexity index is 689. The number of hydrogen-bond acceptors (Lipinski definition) is 3. The van der Waals surface area contributed by atoms with Crippen LogP contribution in [0.3, 0.4) is 0 Å². The minimum absolute atomic E-state index is 0.106. The van der Waals surface area contributed by atoms with Gasteiger partial charge in [-0.2, -0.15) is 0 Å². The molecule has 0 radical (unpaired) electrons. The van der Waals surface area contributed by atoms with Crippen molar-refractivity contribution < 1.29 is 9.53 Å². The van der Waals surface area contributed by atoms with Crippen LogP contribution in [0.4, 0.5) is 5.69 Å². The van der Waals surface area contributed by atoms with Crippen LogP contribution >= 0.6 is 12.2 Å². The average Bonchev–Trinajstić information content (AvgIpc) is 2.62. The van der Waals surface area contributed by atoms with Gasteiger partial charge in [0.15, 0.2) is 5.11 Å². The van der Waals surface area contributed by atoms with Crippen LogP contribution in [0.25, 0.3) is 0 Å². The number of benzene rings is 2. The van der Waals surface area contributed by atoms with Crippen LogP contribution in [0.5, 0.6) is 5.75 Å². The number of thiocarbonyl (C=S) groups is 1. The molecular weight excluding hydrogens is 332 g/mol. The standard InChI is InChI=1S/C20H24N2O2S/c1-2-3-15-24-18-12-8-7-11-17(18)21-20(25)22-19(23)14-13-16-9-5-4-6-10-16/h4-12H,2-3,13-15H2,1H3,(H2,21,22,23,25). The van der Waals surface area contributed by atoms with E-state index in [4.69, 9.17) is 17.0 Å². The Morgan fingerprint density at radius 1 is 1.08 bits per heavy atom. The summed E-state index contributed by atoms with van der Waals surface area (Å²) in [6, 6.07) is 17.5. The summed E-state index contributed by atoms with van der Waals surface area (Å²) in [7, 11) is 0. The maximum absolute atomic E-state index is 12.0. The van der Waals surface area contributed by atoms with Gasteiger partial charge in [-0.15, -0.1) is 0 Å². The van der Waals surface area contributed by atoms with E-state index in [2.05, 4.69) is 17.6 Å². The van der Waals surface area contributed by atoms with E-state index in [0.717, 1.165) is 29.8 Å². The summed E-state index contributed by atoms with van der Waals surface area (Å²) in [5.74, 6) is 0.627. The molecule has 0 spiro atoms. The second-order valence-electron chi connectivity index (χ2n) is 5.69. The lowest BCUT2D eigenvalue weighted by Crippen LogP contribution is -2.34. The highest BCUT2D eigenvalue weighted by atomic mass is 32.1. The van der Waals surface area contributed by atoms with Crippen LogP contribution in [0.15, 0.2) is 54.6 Å². The highest BCUT2D eigenvalue weighted by Gasteiger charge is 2.08. The van der Waals surface area contributed by atoms with Gasteiger partial charge in [0.25, 0.3) is 0 Å². The van der Waals surface area contributed by atoms with Gasteiger partial charge in [0.2, 0.25) is 5.91 Å². The number of para-hydroxylation sites is 2. The van der Waals surface area contributed by atoms with Gasteiger partial charge in [-0.25, -0.2) is 0 Å². The molecule has 2 aromatic carbocycles. The Morgan fingerprint density at radius 2 is 1.80 bits per heavy atom. The number of anilines is 1. The molecule has 0 aliphatic heterocycles. The number of aryl methyl sites for hydroxylation is 1. The van der Waals surface area contributed by atoms with Crippen LogP contribution in [0.2, 0.25) is 0 Å². The lowest BCUT2D eigenvalue weighted by atomic mass is 10.1. The zero-order chi connectivity index (χ0) is 17.9. The lowest BCUT2D eigenvalue weighted by Gasteiger charge is -2.14. The van der Waals surface area contributed by atoms with E-state index >= 15 is 0 Å². The molecule has 0 aliphatic carbocycles. The summed E-state index contributed by atoms with van der Waals surface area (Å²) >= 11 is 5.24. The van der Waals surface area contributed by atoms with E-state index in [-0.39, 0.29) is 11.0 Å². The molecule has 4 nitrogen and oxygen atoms in total. The molecule has 5 heteroatoms. The fourth-order valence-corrected chi connectivity index (χ4v) is 2.49. The number of ether oxygens (including phenoxy) is 1. The normalized spacial score (nSPS) is 10.1. The van der Waals surface area contributed by atoms with Crippen molar-refractivity contribution in [1.29, 1.82) is 0 Å². The molecule has 2 N–H and O–H groups in total. The predicted octanol–water partition coefficient (Wildman–Crippen LogP) is 4.31. The first-order valence-electron chi connectivity index (χ1n) is 8.55. The number of rotatable bonds is 8. The summed E-state index contributed by atoms with van der Waals surface area (Å²) in [4.78, 5) is 12.0. The number of amides is 1. The third kappa shape index (κ3) is 6.93. The van der Waals surface area contributed by atoms with Gasteiger partial charge in [0, 0.05) is 6.42 Å². The summed E-state index contributed by atoms with van der Waals surface area (Å²) in [5, 5.41) is 6.04. The van der Waals surface area contributed by atoms with E-state index in [9.17, 15) is 4.79 Å². The Kier molecular flexibility index (Phi) is 7.92. The lowest BCUT2D eigenvalue weighted by molar-refractivity contribution is -0.119. The SMILES string of the molecule is CCCCOc1ccccc1NC(=S)NC(=O)CCc1ccccc1. The number of carbonyl (C=O) groups excluding carboxylic acids is 1. The molecule has 0 unspecified atom stereocenters. The van der Waals surface area contributed by atoms with E-state index in [1.807, 2.05) is 54.6 Å². The molecule has 132 valence electrons.